The highest BCUT2D eigenvalue weighted by Gasteiger charge is 2.20. The Morgan fingerprint density at radius 3 is 2.94 bits per heavy atom. The molecule has 10 heteroatoms. The number of hydrogen-bond donors (Lipinski definition) is 0. The number of nitrogens with zero attached hydrogens (tertiary/aromatic N) is 6. The molecule has 0 saturated heterocycles. The fourth-order valence-corrected chi connectivity index (χ4v) is 4.85. The fourth-order valence-electron chi connectivity index (χ4n) is 3.74. The molecule has 1 aromatic carbocycles. The number of hydrogen-bond acceptors (Lipinski definition) is 7. The van der Waals surface area contributed by atoms with Gasteiger partial charge >= 0.3 is 0 Å². The lowest BCUT2D eigenvalue weighted by Crippen LogP contribution is -2.32. The van der Waals surface area contributed by atoms with Crippen LogP contribution < -0.4 is 14.8 Å². The number of thiazole rings is 1. The van der Waals surface area contributed by atoms with Crippen LogP contribution in [0.25, 0.3) is 11.6 Å². The van der Waals surface area contributed by atoms with Crippen molar-refractivity contribution >= 4 is 28.7 Å². The van der Waals surface area contributed by atoms with Crippen molar-refractivity contribution in [3.8, 4) is 6.07 Å². The number of nitro benzene ring substituents is 1. The molecule has 0 bridgehead atoms. The van der Waals surface area contributed by atoms with Crippen LogP contribution in [0.2, 0.25) is 0 Å². The van der Waals surface area contributed by atoms with Crippen LogP contribution in [0.1, 0.15) is 36.5 Å². The van der Waals surface area contributed by atoms with Gasteiger partial charge in [-0.2, -0.15) is 5.26 Å². The zero-order chi connectivity index (χ0) is 22.7. The summed E-state index contributed by atoms with van der Waals surface area (Å²) in [7, 11) is 0. The first-order valence-corrected chi connectivity index (χ1v) is 11.0. The molecule has 9 nitrogen and oxygen atoms in total. The van der Waals surface area contributed by atoms with E-state index in [0.717, 1.165) is 49.4 Å². The highest BCUT2D eigenvalue weighted by molar-refractivity contribution is 7.07. The smallest absolute Gasteiger partial charge is 0.270 e. The number of aromatic nitrogens is 4. The number of fused-ring (bicyclic) bond motifs is 1. The zero-order valence-corrected chi connectivity index (χ0v) is 18.0. The van der Waals surface area contributed by atoms with Gasteiger partial charge in [0.05, 0.1) is 9.46 Å². The molecule has 0 N–H and O–H groups in total. The van der Waals surface area contributed by atoms with Gasteiger partial charge in [0.25, 0.3) is 11.2 Å². The molecular formula is C22H20N6O3S. The average Bonchev–Trinajstić information content (AvgIpc) is 3.21. The number of non-ortho nitro benzene ring substituents is 1. The lowest BCUT2D eigenvalue weighted by Gasteiger charge is -2.06. The maximum atomic E-state index is 13.1. The predicted molar refractivity (Wildman–Crippen MR) is 120 cm³/mol. The minimum atomic E-state index is -0.480. The standard InChI is InChI=1S/C22H20N6O3S/c1-2-10-27-21(29)18(13-15-7-6-8-16(12-15)28(30)31)32-22(27)17(14-23)20-25-24-19-9-4-3-5-11-26(19)20/h2,6-8,12-13H,1,3-5,9-11H2. The number of nitro groups is 1. The maximum absolute atomic E-state index is 13.1. The van der Waals surface area contributed by atoms with Crippen LogP contribution in [0.5, 0.6) is 0 Å². The molecule has 1 aliphatic rings. The number of rotatable bonds is 5. The number of aryl methyl sites for hydroxylation is 1. The van der Waals surface area contributed by atoms with Crippen molar-refractivity contribution in [2.45, 2.75) is 38.8 Å². The molecule has 0 aliphatic carbocycles. The topological polar surface area (TPSA) is 120 Å². The summed E-state index contributed by atoms with van der Waals surface area (Å²) in [6.07, 6.45) is 7.10. The third kappa shape index (κ3) is 4.02. The van der Waals surface area contributed by atoms with Crippen molar-refractivity contribution in [1.29, 1.82) is 5.26 Å². The summed E-state index contributed by atoms with van der Waals surface area (Å²) < 4.78 is 4.29. The second-order valence-corrected chi connectivity index (χ2v) is 8.39. The maximum Gasteiger partial charge on any atom is 0.270 e. The van der Waals surface area contributed by atoms with Gasteiger partial charge in [0, 0.05) is 31.6 Å². The lowest BCUT2D eigenvalue weighted by atomic mass is 10.2. The van der Waals surface area contributed by atoms with E-state index in [0.29, 0.717) is 20.6 Å². The average molecular weight is 449 g/mol. The molecule has 162 valence electrons. The molecular weight excluding hydrogens is 428 g/mol. The summed E-state index contributed by atoms with van der Waals surface area (Å²) in [6, 6.07) is 8.29. The van der Waals surface area contributed by atoms with Crippen LogP contribution >= 0.6 is 11.3 Å². The van der Waals surface area contributed by atoms with Crippen LogP contribution in [-0.4, -0.2) is 24.3 Å². The zero-order valence-electron chi connectivity index (χ0n) is 17.2. The first-order valence-electron chi connectivity index (χ1n) is 10.2. The molecule has 0 amide bonds. The quantitative estimate of drug-likeness (QED) is 0.334. The molecule has 0 saturated carbocycles. The molecule has 0 atom stereocenters. The fraction of sp³-hybridized carbons (Fsp3) is 0.273. The summed E-state index contributed by atoms with van der Waals surface area (Å²) in [5.41, 5.74) is 0.468. The van der Waals surface area contributed by atoms with E-state index in [2.05, 4.69) is 22.8 Å². The number of benzene rings is 1. The van der Waals surface area contributed by atoms with Crippen molar-refractivity contribution in [2.24, 2.45) is 0 Å². The molecule has 0 fully saturated rings. The Hall–Kier alpha value is -3.84. The summed E-state index contributed by atoms with van der Waals surface area (Å²) >= 11 is 1.16. The highest BCUT2D eigenvalue weighted by Crippen LogP contribution is 2.18. The van der Waals surface area contributed by atoms with Gasteiger partial charge in [-0.1, -0.05) is 24.6 Å². The Morgan fingerprint density at radius 2 is 2.19 bits per heavy atom. The number of nitriles is 1. The Labute approximate surface area is 187 Å². The molecule has 32 heavy (non-hydrogen) atoms. The number of allylic oxidation sites excluding steroid dienone is 1. The summed E-state index contributed by atoms with van der Waals surface area (Å²) in [5.74, 6) is 1.31. The molecule has 0 radical (unpaired) electrons. The third-order valence-electron chi connectivity index (χ3n) is 5.26. The van der Waals surface area contributed by atoms with Crippen molar-refractivity contribution in [3.05, 3.63) is 83.8 Å². The summed E-state index contributed by atoms with van der Waals surface area (Å²) in [6.45, 7) is 4.68. The van der Waals surface area contributed by atoms with Gasteiger partial charge < -0.3 is 4.57 Å². The molecule has 2 aromatic heterocycles. The van der Waals surface area contributed by atoms with Gasteiger partial charge in [-0.05, 0) is 24.5 Å². The Morgan fingerprint density at radius 1 is 1.34 bits per heavy atom. The molecule has 3 aromatic rings. The van der Waals surface area contributed by atoms with Crippen molar-refractivity contribution in [1.82, 2.24) is 19.3 Å². The monoisotopic (exact) mass is 448 g/mol. The van der Waals surface area contributed by atoms with E-state index >= 15 is 0 Å². The van der Waals surface area contributed by atoms with E-state index in [-0.39, 0.29) is 23.4 Å². The molecule has 3 heterocycles. The first kappa shape index (κ1) is 21.4. The summed E-state index contributed by atoms with van der Waals surface area (Å²) in [5, 5.41) is 29.6. The summed E-state index contributed by atoms with van der Waals surface area (Å²) in [4.78, 5) is 23.7. The van der Waals surface area contributed by atoms with Crippen molar-refractivity contribution < 1.29 is 4.92 Å². The predicted octanol–water partition coefficient (Wildman–Crippen LogP) is 1.87. The van der Waals surface area contributed by atoms with Gasteiger partial charge in [0.1, 0.15) is 22.1 Å². The lowest BCUT2D eigenvalue weighted by molar-refractivity contribution is -0.384. The first-order chi connectivity index (χ1) is 15.5. The largest absolute Gasteiger partial charge is 0.310 e. The van der Waals surface area contributed by atoms with Crippen molar-refractivity contribution in [3.63, 3.8) is 0 Å². The van der Waals surface area contributed by atoms with Crippen LogP contribution in [-0.2, 0) is 19.5 Å². The van der Waals surface area contributed by atoms with E-state index in [4.69, 9.17) is 0 Å². The molecule has 0 spiro atoms. The van der Waals surface area contributed by atoms with Crippen LogP contribution in [0.3, 0.4) is 0 Å². The van der Waals surface area contributed by atoms with Crippen molar-refractivity contribution in [2.75, 3.05) is 0 Å². The van der Waals surface area contributed by atoms with E-state index in [1.807, 2.05) is 4.57 Å². The van der Waals surface area contributed by atoms with E-state index in [1.54, 1.807) is 24.3 Å². The normalized spacial score (nSPS) is 14.9. The van der Waals surface area contributed by atoms with Gasteiger partial charge in [-0.25, -0.2) is 0 Å². The second-order valence-electron chi connectivity index (χ2n) is 7.36. The van der Waals surface area contributed by atoms with Gasteiger partial charge in [-0.3, -0.25) is 19.5 Å². The third-order valence-corrected chi connectivity index (χ3v) is 6.39. The minimum absolute atomic E-state index is 0.0580. The van der Waals surface area contributed by atoms with Gasteiger partial charge in [0.15, 0.2) is 5.82 Å². The minimum Gasteiger partial charge on any atom is -0.310 e. The Kier molecular flexibility index (Phi) is 6.09. The Bertz CT molecular complexity index is 1420. The van der Waals surface area contributed by atoms with E-state index in [9.17, 15) is 20.2 Å². The highest BCUT2D eigenvalue weighted by atomic mass is 32.1. The van der Waals surface area contributed by atoms with Crippen LogP contribution in [0, 0.1) is 21.4 Å². The van der Waals surface area contributed by atoms with Crippen LogP contribution in [0.4, 0.5) is 5.69 Å². The van der Waals surface area contributed by atoms with E-state index in [1.165, 1.54) is 16.7 Å². The molecule has 4 rings (SSSR count). The van der Waals surface area contributed by atoms with Crippen LogP contribution in [0.15, 0.2) is 41.7 Å². The molecule has 1 aliphatic heterocycles. The molecule has 0 unspecified atom stereocenters. The van der Waals surface area contributed by atoms with Gasteiger partial charge in [0.2, 0.25) is 0 Å². The Balaban J connectivity index is 1.96. The van der Waals surface area contributed by atoms with Gasteiger partial charge in [-0.15, -0.1) is 28.1 Å². The van der Waals surface area contributed by atoms with E-state index < -0.39 is 4.92 Å². The SMILES string of the molecule is C=CCn1c(=C(C#N)c2nnc3n2CCCCC3)sc(=Cc2cccc([N+](=O)[O-])c2)c1=O. The second kappa shape index (κ2) is 9.11.